The van der Waals surface area contributed by atoms with Crippen LogP contribution >= 0.6 is 0 Å². The third kappa shape index (κ3) is 1.97. The fourth-order valence-electron chi connectivity index (χ4n) is 2.41. The molecule has 1 saturated heterocycles. The molecule has 18 heavy (non-hydrogen) atoms. The monoisotopic (exact) mass is 244 g/mol. The number of nitrogens with one attached hydrogen (secondary N) is 1. The Morgan fingerprint density at radius 3 is 3.06 bits per heavy atom. The van der Waals surface area contributed by atoms with E-state index in [0.29, 0.717) is 11.7 Å². The van der Waals surface area contributed by atoms with E-state index < -0.39 is 0 Å². The molecule has 0 bridgehead atoms. The Morgan fingerprint density at radius 1 is 1.39 bits per heavy atom. The van der Waals surface area contributed by atoms with Gasteiger partial charge in [0.25, 0.3) is 0 Å². The number of ether oxygens (including phenoxy) is 1. The lowest BCUT2D eigenvalue weighted by Crippen LogP contribution is -2.16. The molecule has 2 aromatic rings. The summed E-state index contributed by atoms with van der Waals surface area (Å²) < 4.78 is 5.53. The quantitative estimate of drug-likeness (QED) is 0.846. The number of aromatic nitrogens is 3. The summed E-state index contributed by atoms with van der Waals surface area (Å²) in [6.07, 6.45) is 3.94. The van der Waals surface area contributed by atoms with Crippen LogP contribution in [0.5, 0.6) is 0 Å². The standard InChI is InChI=1S/C13H16N4O/c14-13-11(10-5-1-2-6-15-10)12(16-17-13)9-4-3-7-18-8-9/h1-2,5-6,9H,3-4,7-8H2,(H3,14,16,17). The largest absolute Gasteiger partial charge is 0.382 e. The van der Waals surface area contributed by atoms with Gasteiger partial charge < -0.3 is 10.5 Å². The summed E-state index contributed by atoms with van der Waals surface area (Å²) in [6.45, 7) is 1.57. The predicted molar refractivity (Wildman–Crippen MR) is 69.0 cm³/mol. The molecule has 94 valence electrons. The van der Waals surface area contributed by atoms with Crippen molar-refractivity contribution in [3.05, 3.63) is 30.1 Å². The third-order valence-electron chi connectivity index (χ3n) is 3.31. The summed E-state index contributed by atoms with van der Waals surface area (Å²) in [5.41, 5.74) is 8.79. The van der Waals surface area contributed by atoms with Crippen LogP contribution in [0.15, 0.2) is 24.4 Å². The Kier molecular flexibility index (Phi) is 2.98. The highest BCUT2D eigenvalue weighted by atomic mass is 16.5. The van der Waals surface area contributed by atoms with Crippen LogP contribution in [0.3, 0.4) is 0 Å². The first-order valence-corrected chi connectivity index (χ1v) is 6.19. The zero-order valence-electron chi connectivity index (χ0n) is 10.1. The fraction of sp³-hybridized carbons (Fsp3) is 0.385. The number of rotatable bonds is 2. The molecule has 1 unspecified atom stereocenters. The number of anilines is 1. The summed E-state index contributed by atoms with van der Waals surface area (Å²) in [7, 11) is 0. The van der Waals surface area contributed by atoms with Crippen molar-refractivity contribution in [2.45, 2.75) is 18.8 Å². The van der Waals surface area contributed by atoms with Gasteiger partial charge in [0.2, 0.25) is 0 Å². The van der Waals surface area contributed by atoms with Gasteiger partial charge in [0.1, 0.15) is 0 Å². The van der Waals surface area contributed by atoms with Gasteiger partial charge in [-0.2, -0.15) is 5.10 Å². The minimum Gasteiger partial charge on any atom is -0.382 e. The minimum absolute atomic E-state index is 0.334. The molecule has 0 aliphatic carbocycles. The Balaban J connectivity index is 2.01. The average Bonchev–Trinajstić information content (AvgIpc) is 2.83. The zero-order valence-corrected chi connectivity index (χ0v) is 10.1. The van der Waals surface area contributed by atoms with Gasteiger partial charge in [0.05, 0.1) is 23.6 Å². The van der Waals surface area contributed by atoms with Crippen LogP contribution in [0.4, 0.5) is 5.82 Å². The molecule has 5 heteroatoms. The number of nitrogens with zero attached hydrogens (tertiary/aromatic N) is 2. The van der Waals surface area contributed by atoms with Crippen LogP contribution in [-0.2, 0) is 4.74 Å². The second kappa shape index (κ2) is 4.78. The van der Waals surface area contributed by atoms with Crippen molar-refractivity contribution < 1.29 is 4.74 Å². The molecule has 0 saturated carbocycles. The Morgan fingerprint density at radius 2 is 2.33 bits per heavy atom. The van der Waals surface area contributed by atoms with Gasteiger partial charge in [-0.05, 0) is 25.0 Å². The van der Waals surface area contributed by atoms with Gasteiger partial charge in [0, 0.05) is 18.7 Å². The average molecular weight is 244 g/mol. The predicted octanol–water partition coefficient (Wildman–Crippen LogP) is 1.95. The molecule has 1 aliphatic heterocycles. The number of nitrogens with two attached hydrogens (primary N) is 1. The van der Waals surface area contributed by atoms with E-state index in [-0.39, 0.29) is 0 Å². The lowest BCUT2D eigenvalue weighted by atomic mass is 9.94. The first-order chi connectivity index (χ1) is 8.86. The normalized spacial score (nSPS) is 19.9. The van der Waals surface area contributed by atoms with E-state index in [1.165, 1.54) is 0 Å². The summed E-state index contributed by atoms with van der Waals surface area (Å²) in [6, 6.07) is 5.80. The van der Waals surface area contributed by atoms with Crippen molar-refractivity contribution >= 4 is 5.82 Å². The molecule has 0 amide bonds. The lowest BCUT2D eigenvalue weighted by molar-refractivity contribution is 0.0794. The molecule has 0 aromatic carbocycles. The number of pyridine rings is 1. The van der Waals surface area contributed by atoms with Gasteiger partial charge in [-0.15, -0.1) is 0 Å². The molecule has 0 radical (unpaired) electrons. The van der Waals surface area contributed by atoms with Crippen LogP contribution < -0.4 is 5.73 Å². The molecule has 0 spiro atoms. The molecular formula is C13H16N4O. The van der Waals surface area contributed by atoms with Crippen LogP contribution in [0.1, 0.15) is 24.5 Å². The minimum atomic E-state index is 0.334. The van der Waals surface area contributed by atoms with Crippen LogP contribution in [0, 0.1) is 0 Å². The van der Waals surface area contributed by atoms with Gasteiger partial charge >= 0.3 is 0 Å². The lowest BCUT2D eigenvalue weighted by Gasteiger charge is -2.21. The van der Waals surface area contributed by atoms with Crippen molar-refractivity contribution in [2.75, 3.05) is 18.9 Å². The molecule has 1 aliphatic rings. The topological polar surface area (TPSA) is 76.8 Å². The van der Waals surface area contributed by atoms with Gasteiger partial charge in [-0.25, -0.2) is 0 Å². The molecule has 1 fully saturated rings. The molecule has 3 rings (SSSR count). The van der Waals surface area contributed by atoms with E-state index in [2.05, 4.69) is 15.2 Å². The number of aromatic amines is 1. The zero-order chi connectivity index (χ0) is 12.4. The first kappa shape index (κ1) is 11.2. The first-order valence-electron chi connectivity index (χ1n) is 6.19. The third-order valence-corrected chi connectivity index (χ3v) is 3.31. The molecule has 2 aromatic heterocycles. The summed E-state index contributed by atoms with van der Waals surface area (Å²) in [5, 5.41) is 7.17. The number of nitrogen functional groups attached to an aromatic ring is 1. The summed E-state index contributed by atoms with van der Waals surface area (Å²) >= 11 is 0. The number of hydrogen-bond donors (Lipinski definition) is 2. The van der Waals surface area contributed by atoms with Crippen molar-refractivity contribution in [3.8, 4) is 11.3 Å². The second-order valence-electron chi connectivity index (χ2n) is 4.53. The SMILES string of the molecule is Nc1n[nH]c(C2CCCOC2)c1-c1ccccn1. The van der Waals surface area contributed by atoms with Crippen LogP contribution in [0.25, 0.3) is 11.3 Å². The Hall–Kier alpha value is -1.88. The van der Waals surface area contributed by atoms with E-state index in [4.69, 9.17) is 10.5 Å². The smallest absolute Gasteiger partial charge is 0.154 e. The van der Waals surface area contributed by atoms with E-state index >= 15 is 0 Å². The van der Waals surface area contributed by atoms with Crippen molar-refractivity contribution in [2.24, 2.45) is 0 Å². The highest BCUT2D eigenvalue weighted by Gasteiger charge is 2.24. The van der Waals surface area contributed by atoms with Gasteiger partial charge in [-0.1, -0.05) is 6.07 Å². The van der Waals surface area contributed by atoms with E-state index in [1.54, 1.807) is 6.20 Å². The maximum Gasteiger partial charge on any atom is 0.154 e. The highest BCUT2D eigenvalue weighted by molar-refractivity contribution is 5.73. The molecule has 3 N–H and O–H groups in total. The Labute approximate surface area is 105 Å². The second-order valence-corrected chi connectivity index (χ2v) is 4.53. The van der Waals surface area contributed by atoms with Gasteiger partial charge in [0.15, 0.2) is 5.82 Å². The number of hydrogen-bond acceptors (Lipinski definition) is 4. The molecule has 1 atom stereocenters. The van der Waals surface area contributed by atoms with Crippen molar-refractivity contribution in [1.29, 1.82) is 0 Å². The van der Waals surface area contributed by atoms with Crippen molar-refractivity contribution in [1.82, 2.24) is 15.2 Å². The Bertz CT molecular complexity index is 517. The summed E-state index contributed by atoms with van der Waals surface area (Å²) in [5.74, 6) is 0.842. The molecule has 3 heterocycles. The highest BCUT2D eigenvalue weighted by Crippen LogP contribution is 2.34. The molecular weight excluding hydrogens is 228 g/mol. The van der Waals surface area contributed by atoms with Crippen LogP contribution in [0.2, 0.25) is 0 Å². The maximum absolute atomic E-state index is 5.96. The van der Waals surface area contributed by atoms with Gasteiger partial charge in [-0.3, -0.25) is 10.1 Å². The maximum atomic E-state index is 5.96. The summed E-state index contributed by atoms with van der Waals surface area (Å²) in [4.78, 5) is 4.36. The van der Waals surface area contributed by atoms with Crippen LogP contribution in [-0.4, -0.2) is 28.4 Å². The van der Waals surface area contributed by atoms with E-state index in [1.807, 2.05) is 18.2 Å². The van der Waals surface area contributed by atoms with E-state index in [9.17, 15) is 0 Å². The number of H-pyrrole nitrogens is 1. The van der Waals surface area contributed by atoms with Crippen molar-refractivity contribution in [3.63, 3.8) is 0 Å². The fourth-order valence-corrected chi connectivity index (χ4v) is 2.41. The van der Waals surface area contributed by atoms with E-state index in [0.717, 1.165) is 43.0 Å². The molecule has 5 nitrogen and oxygen atoms in total.